The van der Waals surface area contributed by atoms with Crippen molar-refractivity contribution in [2.75, 3.05) is 0 Å². The van der Waals surface area contributed by atoms with E-state index in [9.17, 15) is 9.59 Å². The zero-order chi connectivity index (χ0) is 14.2. The highest BCUT2D eigenvalue weighted by atomic mass is 16.1. The van der Waals surface area contributed by atoms with Crippen LogP contribution in [-0.2, 0) is 6.42 Å². The minimum absolute atomic E-state index is 0.629. The molecule has 0 aliphatic heterocycles. The Kier molecular flexibility index (Phi) is 3.42. The minimum Gasteiger partial charge on any atom is -0.355 e. The molecule has 0 aliphatic rings. The summed E-state index contributed by atoms with van der Waals surface area (Å²) in [4.78, 5) is 28.2. The molecule has 0 bridgehead atoms. The molecular weight excluding hydrogens is 240 g/mol. The fourth-order valence-electron chi connectivity index (χ4n) is 2.32. The topological polar surface area (TPSA) is 65.7 Å². The van der Waals surface area contributed by atoms with E-state index in [1.54, 1.807) is 0 Å². The number of hydrogen-bond donors (Lipinski definition) is 2. The predicted octanol–water partition coefficient (Wildman–Crippen LogP) is 2.79. The Hall–Kier alpha value is -2.10. The van der Waals surface area contributed by atoms with Crippen molar-refractivity contribution in [1.29, 1.82) is 0 Å². The predicted molar refractivity (Wildman–Crippen MR) is 74.1 cm³/mol. The van der Waals surface area contributed by atoms with Gasteiger partial charge in [-0.25, -0.2) is 0 Å². The van der Waals surface area contributed by atoms with Crippen LogP contribution in [-0.4, -0.2) is 22.5 Å². The largest absolute Gasteiger partial charge is 0.355 e. The third kappa shape index (κ3) is 2.14. The Morgan fingerprint density at radius 2 is 1.11 bits per heavy atom. The summed E-state index contributed by atoms with van der Waals surface area (Å²) < 4.78 is 0. The number of aldehydes is 2. The van der Waals surface area contributed by atoms with E-state index in [1.807, 2.05) is 27.7 Å². The molecular formula is C15H18N2O2. The molecule has 19 heavy (non-hydrogen) atoms. The summed E-state index contributed by atoms with van der Waals surface area (Å²) in [5.74, 6) is 0. The molecule has 2 aromatic rings. The van der Waals surface area contributed by atoms with Crippen molar-refractivity contribution < 1.29 is 9.59 Å². The molecule has 2 N–H and O–H groups in total. The third-order valence-electron chi connectivity index (χ3n) is 4.00. The molecule has 100 valence electrons. The zero-order valence-corrected chi connectivity index (χ0v) is 11.7. The number of aromatic nitrogens is 2. The highest BCUT2D eigenvalue weighted by Gasteiger charge is 2.14. The van der Waals surface area contributed by atoms with E-state index >= 15 is 0 Å². The summed E-state index contributed by atoms with van der Waals surface area (Å²) in [6.45, 7) is 7.87. The number of H-pyrrole nitrogens is 2. The van der Waals surface area contributed by atoms with Crippen molar-refractivity contribution in [2.24, 2.45) is 0 Å². The number of carbonyl (C=O) groups is 2. The molecule has 4 nitrogen and oxygen atoms in total. The van der Waals surface area contributed by atoms with Crippen LogP contribution < -0.4 is 0 Å². The van der Waals surface area contributed by atoms with Crippen molar-refractivity contribution in [2.45, 2.75) is 34.1 Å². The fourth-order valence-corrected chi connectivity index (χ4v) is 2.32. The normalized spacial score (nSPS) is 10.7. The molecule has 4 heteroatoms. The smallest absolute Gasteiger partial charge is 0.166 e. The molecule has 0 aliphatic carbocycles. The van der Waals surface area contributed by atoms with Gasteiger partial charge < -0.3 is 9.97 Å². The summed E-state index contributed by atoms with van der Waals surface area (Å²) in [6.07, 6.45) is 2.35. The van der Waals surface area contributed by atoms with Gasteiger partial charge in [0, 0.05) is 17.8 Å². The highest BCUT2D eigenvalue weighted by Crippen LogP contribution is 2.22. The van der Waals surface area contributed by atoms with E-state index in [1.165, 1.54) is 0 Å². The molecule has 0 spiro atoms. The second-order valence-corrected chi connectivity index (χ2v) is 4.95. The van der Waals surface area contributed by atoms with Gasteiger partial charge in [0.15, 0.2) is 12.6 Å². The lowest BCUT2D eigenvalue weighted by molar-refractivity contribution is 0.111. The summed E-state index contributed by atoms with van der Waals surface area (Å²) >= 11 is 0. The number of nitrogens with one attached hydrogen (secondary N) is 2. The monoisotopic (exact) mass is 258 g/mol. The second kappa shape index (κ2) is 4.88. The van der Waals surface area contributed by atoms with Crippen LogP contribution in [0, 0.1) is 27.7 Å². The van der Waals surface area contributed by atoms with E-state index in [0.29, 0.717) is 17.8 Å². The molecule has 0 atom stereocenters. The molecule has 0 fully saturated rings. The van der Waals surface area contributed by atoms with Crippen LogP contribution >= 0.6 is 0 Å². The molecule has 2 aromatic heterocycles. The molecule has 0 amide bonds. The Bertz CT molecular complexity index is 591. The molecule has 0 radical (unpaired) electrons. The van der Waals surface area contributed by atoms with Gasteiger partial charge >= 0.3 is 0 Å². The van der Waals surface area contributed by atoms with Gasteiger partial charge in [0.1, 0.15) is 0 Å². The van der Waals surface area contributed by atoms with Crippen molar-refractivity contribution in [1.82, 2.24) is 9.97 Å². The van der Waals surface area contributed by atoms with Crippen LogP contribution in [0.5, 0.6) is 0 Å². The fraction of sp³-hybridized carbons (Fsp3) is 0.333. The van der Waals surface area contributed by atoms with Gasteiger partial charge in [0.2, 0.25) is 0 Å². The van der Waals surface area contributed by atoms with E-state index in [0.717, 1.165) is 46.2 Å². The number of rotatable bonds is 4. The maximum atomic E-state index is 10.9. The van der Waals surface area contributed by atoms with Crippen molar-refractivity contribution in [3.63, 3.8) is 0 Å². The Morgan fingerprint density at radius 1 is 0.737 bits per heavy atom. The number of aromatic amines is 2. The van der Waals surface area contributed by atoms with Crippen molar-refractivity contribution >= 4 is 12.6 Å². The zero-order valence-electron chi connectivity index (χ0n) is 11.7. The maximum absolute atomic E-state index is 10.9. The lowest BCUT2D eigenvalue weighted by atomic mass is 10.1. The average Bonchev–Trinajstić information content (AvgIpc) is 2.83. The van der Waals surface area contributed by atoms with Gasteiger partial charge in [-0.3, -0.25) is 9.59 Å². The summed E-state index contributed by atoms with van der Waals surface area (Å²) in [5, 5.41) is 0. The lowest BCUT2D eigenvalue weighted by Crippen LogP contribution is -1.94. The Morgan fingerprint density at radius 3 is 1.37 bits per heavy atom. The summed E-state index contributed by atoms with van der Waals surface area (Å²) in [5.41, 5.74) is 7.46. The maximum Gasteiger partial charge on any atom is 0.166 e. The van der Waals surface area contributed by atoms with Gasteiger partial charge in [-0.1, -0.05) is 0 Å². The molecule has 0 aromatic carbocycles. The summed E-state index contributed by atoms with van der Waals surface area (Å²) in [6, 6.07) is 0. The van der Waals surface area contributed by atoms with E-state index in [4.69, 9.17) is 0 Å². The first-order valence-corrected chi connectivity index (χ1v) is 6.26. The van der Waals surface area contributed by atoms with Crippen molar-refractivity contribution in [3.8, 4) is 0 Å². The van der Waals surface area contributed by atoms with Gasteiger partial charge in [0.05, 0.1) is 11.4 Å². The Labute approximate surface area is 112 Å². The first-order chi connectivity index (χ1) is 8.99. The quantitative estimate of drug-likeness (QED) is 0.828. The van der Waals surface area contributed by atoms with Gasteiger partial charge in [-0.05, 0) is 49.9 Å². The average molecular weight is 258 g/mol. The van der Waals surface area contributed by atoms with Crippen LogP contribution in [0.1, 0.15) is 54.6 Å². The molecule has 0 saturated carbocycles. The van der Waals surface area contributed by atoms with E-state index < -0.39 is 0 Å². The van der Waals surface area contributed by atoms with Crippen LogP contribution in [0.2, 0.25) is 0 Å². The van der Waals surface area contributed by atoms with E-state index in [-0.39, 0.29) is 0 Å². The lowest BCUT2D eigenvalue weighted by Gasteiger charge is -2.01. The Balaban J connectivity index is 2.41. The summed E-state index contributed by atoms with van der Waals surface area (Å²) in [7, 11) is 0. The van der Waals surface area contributed by atoms with E-state index in [2.05, 4.69) is 9.97 Å². The third-order valence-corrected chi connectivity index (χ3v) is 4.00. The van der Waals surface area contributed by atoms with Crippen LogP contribution in [0.4, 0.5) is 0 Å². The second-order valence-electron chi connectivity index (χ2n) is 4.95. The standard InChI is InChI=1S/C15H18N2O2/c1-8-10(3)14(6-18)16-12(8)5-13-9(2)11(4)15(7-19)17-13/h6-7,16-17H,5H2,1-4H3. The first-order valence-electron chi connectivity index (χ1n) is 6.26. The highest BCUT2D eigenvalue weighted by molar-refractivity contribution is 5.77. The number of hydrogen-bond acceptors (Lipinski definition) is 2. The molecule has 2 rings (SSSR count). The van der Waals surface area contributed by atoms with Crippen LogP contribution in [0.3, 0.4) is 0 Å². The van der Waals surface area contributed by atoms with Gasteiger partial charge in [-0.15, -0.1) is 0 Å². The first kappa shape index (κ1) is 13.3. The van der Waals surface area contributed by atoms with Crippen LogP contribution in [0.15, 0.2) is 0 Å². The van der Waals surface area contributed by atoms with Gasteiger partial charge in [-0.2, -0.15) is 0 Å². The molecule has 0 unspecified atom stereocenters. The minimum atomic E-state index is 0.629. The molecule has 2 heterocycles. The van der Waals surface area contributed by atoms with Gasteiger partial charge in [0.25, 0.3) is 0 Å². The SMILES string of the molecule is Cc1c(C=O)[nH]c(Cc2[nH]c(C=O)c(C)c2C)c1C. The van der Waals surface area contributed by atoms with Crippen LogP contribution in [0.25, 0.3) is 0 Å². The molecule has 0 saturated heterocycles. The van der Waals surface area contributed by atoms with Crippen molar-refractivity contribution in [3.05, 3.63) is 45.0 Å². The number of carbonyl (C=O) groups excluding carboxylic acids is 2.